The second-order valence-corrected chi connectivity index (χ2v) is 6.13. The Kier molecular flexibility index (Phi) is 6.36. The summed E-state index contributed by atoms with van der Waals surface area (Å²) >= 11 is 5.62. The Morgan fingerprint density at radius 1 is 1.46 bits per heavy atom. The fraction of sp³-hybridized carbons (Fsp3) is 0.467. The van der Waals surface area contributed by atoms with Gasteiger partial charge < -0.3 is 26.4 Å². The van der Waals surface area contributed by atoms with Crippen LogP contribution in [0, 0.1) is 11.7 Å². The number of nitrogens with zero attached hydrogens (tertiary/aromatic N) is 1. The van der Waals surface area contributed by atoms with Crippen molar-refractivity contribution in [2.45, 2.75) is 12.5 Å². The smallest absolute Gasteiger partial charge is 0.410 e. The van der Waals surface area contributed by atoms with Crippen LogP contribution in [0.5, 0.6) is 0 Å². The first-order valence-electron chi connectivity index (χ1n) is 7.61. The molecule has 1 aromatic carbocycles. The summed E-state index contributed by atoms with van der Waals surface area (Å²) in [4.78, 5) is 25.8. The maximum Gasteiger partial charge on any atom is 0.410 e. The molecule has 0 aromatic heterocycles. The highest BCUT2D eigenvalue weighted by Gasteiger charge is 2.34. The van der Waals surface area contributed by atoms with E-state index in [9.17, 15) is 14.0 Å². The third-order valence-corrected chi connectivity index (χ3v) is 4.00. The van der Waals surface area contributed by atoms with Gasteiger partial charge in [-0.2, -0.15) is 0 Å². The van der Waals surface area contributed by atoms with Crippen LogP contribution in [0.25, 0.3) is 0 Å². The Labute approximate surface area is 144 Å². The highest BCUT2D eigenvalue weighted by atomic mass is 35.5. The number of carbonyl (C=O) groups is 2. The number of benzene rings is 1. The minimum absolute atomic E-state index is 0.0164. The van der Waals surface area contributed by atoms with Crippen LogP contribution < -0.4 is 16.8 Å². The summed E-state index contributed by atoms with van der Waals surface area (Å²) in [7, 11) is 0. The largest absolute Gasteiger partial charge is 0.448 e. The number of hydrogen-bond acceptors (Lipinski definition) is 4. The summed E-state index contributed by atoms with van der Waals surface area (Å²) in [5.74, 6) is -1.37. The standard InChI is InChI=1S/C15H20ClFN4O3/c16-12-2-1-11(6-13(12)17)20-14(22)9-5-10(19)8-21(7-9)15(23)24-4-3-18/h1-2,6,9-10H,3-5,7-8,18-19H2,(H,20,22)/p+1/t9?,10-/m1/s1. The first-order chi connectivity index (χ1) is 11.4. The zero-order chi connectivity index (χ0) is 17.7. The number of carbonyl (C=O) groups excluding carboxylic acids is 2. The molecular weight excluding hydrogens is 339 g/mol. The molecule has 0 aliphatic carbocycles. The number of amides is 2. The number of quaternary nitrogens is 1. The van der Waals surface area contributed by atoms with Gasteiger partial charge in [-0.05, 0) is 18.2 Å². The molecule has 132 valence electrons. The van der Waals surface area contributed by atoms with Gasteiger partial charge in [-0.15, -0.1) is 0 Å². The second-order valence-electron chi connectivity index (χ2n) is 5.72. The molecule has 6 N–H and O–H groups in total. The number of hydrogen-bond donors (Lipinski definition) is 3. The van der Waals surface area contributed by atoms with Crippen LogP contribution in [-0.4, -0.2) is 49.2 Å². The lowest BCUT2D eigenvalue weighted by molar-refractivity contribution is -0.427. The molecule has 1 aliphatic rings. The van der Waals surface area contributed by atoms with E-state index in [2.05, 4.69) is 11.1 Å². The van der Waals surface area contributed by atoms with Gasteiger partial charge in [0.05, 0.1) is 17.5 Å². The van der Waals surface area contributed by atoms with Crippen molar-refractivity contribution >= 4 is 29.3 Å². The van der Waals surface area contributed by atoms with Crippen LogP contribution in [0.4, 0.5) is 14.9 Å². The van der Waals surface area contributed by atoms with Gasteiger partial charge in [-0.1, -0.05) is 11.6 Å². The van der Waals surface area contributed by atoms with E-state index >= 15 is 0 Å². The van der Waals surface area contributed by atoms with Crippen molar-refractivity contribution in [3.63, 3.8) is 0 Å². The molecule has 24 heavy (non-hydrogen) atoms. The molecule has 1 aromatic rings. The molecule has 0 bridgehead atoms. The van der Waals surface area contributed by atoms with Crippen LogP contribution in [0.15, 0.2) is 18.2 Å². The zero-order valence-electron chi connectivity index (χ0n) is 13.1. The highest BCUT2D eigenvalue weighted by molar-refractivity contribution is 6.30. The lowest BCUT2D eigenvalue weighted by Crippen LogP contribution is -2.69. The Bertz CT molecular complexity index is 616. The van der Waals surface area contributed by atoms with Gasteiger partial charge in [0, 0.05) is 25.2 Å². The summed E-state index contributed by atoms with van der Waals surface area (Å²) in [6, 6.07) is 3.94. The Hall–Kier alpha value is -1.90. The normalized spacial score (nSPS) is 20.6. The van der Waals surface area contributed by atoms with E-state index in [0.717, 1.165) is 6.07 Å². The zero-order valence-corrected chi connectivity index (χ0v) is 13.9. The molecule has 0 radical (unpaired) electrons. The minimum Gasteiger partial charge on any atom is -0.448 e. The fourth-order valence-electron chi connectivity index (χ4n) is 2.60. The van der Waals surface area contributed by atoms with Gasteiger partial charge >= 0.3 is 6.09 Å². The number of nitrogens with two attached hydrogens (primary N) is 1. The summed E-state index contributed by atoms with van der Waals surface area (Å²) < 4.78 is 18.4. The van der Waals surface area contributed by atoms with Gasteiger partial charge in [0.1, 0.15) is 18.5 Å². The van der Waals surface area contributed by atoms with E-state index in [-0.39, 0.29) is 36.7 Å². The third kappa shape index (κ3) is 4.80. The predicted molar refractivity (Wildman–Crippen MR) is 86.8 cm³/mol. The molecule has 9 heteroatoms. The van der Waals surface area contributed by atoms with Crippen LogP contribution in [0.3, 0.4) is 0 Å². The highest BCUT2D eigenvalue weighted by Crippen LogP contribution is 2.21. The number of anilines is 1. The monoisotopic (exact) mass is 359 g/mol. The Balaban J connectivity index is 1.99. The van der Waals surface area contributed by atoms with Gasteiger partial charge in [0.2, 0.25) is 5.91 Å². The molecule has 1 aliphatic heterocycles. The van der Waals surface area contributed by atoms with Crippen molar-refractivity contribution in [2.75, 3.05) is 31.6 Å². The summed E-state index contributed by atoms with van der Waals surface area (Å²) in [5, 5.41) is 2.62. The molecule has 2 rings (SSSR count). The number of ether oxygens (including phenoxy) is 1. The maximum atomic E-state index is 13.4. The van der Waals surface area contributed by atoms with Crippen LogP contribution >= 0.6 is 11.6 Å². The van der Waals surface area contributed by atoms with E-state index < -0.39 is 17.8 Å². The average molecular weight is 360 g/mol. The van der Waals surface area contributed by atoms with Gasteiger partial charge in [0.15, 0.2) is 0 Å². The topological polar surface area (TPSA) is 112 Å². The molecule has 0 spiro atoms. The van der Waals surface area contributed by atoms with Crippen molar-refractivity contribution in [3.05, 3.63) is 29.0 Å². The molecule has 2 atom stereocenters. The van der Waals surface area contributed by atoms with Gasteiger partial charge in [0.25, 0.3) is 0 Å². The first kappa shape index (κ1) is 18.4. The predicted octanol–water partition coefficient (Wildman–Crippen LogP) is 0.445. The molecule has 1 heterocycles. The minimum atomic E-state index is -0.611. The molecule has 1 unspecified atom stereocenters. The van der Waals surface area contributed by atoms with Crippen molar-refractivity contribution in [3.8, 4) is 0 Å². The van der Waals surface area contributed by atoms with Crippen molar-refractivity contribution < 1.29 is 24.5 Å². The van der Waals surface area contributed by atoms with Crippen LogP contribution in [0.2, 0.25) is 5.02 Å². The second kappa shape index (κ2) is 8.27. The Morgan fingerprint density at radius 3 is 2.88 bits per heavy atom. The fourth-order valence-corrected chi connectivity index (χ4v) is 2.72. The van der Waals surface area contributed by atoms with Crippen molar-refractivity contribution in [2.24, 2.45) is 11.7 Å². The lowest BCUT2D eigenvalue weighted by Gasteiger charge is -2.33. The van der Waals surface area contributed by atoms with E-state index in [1.807, 2.05) is 0 Å². The lowest BCUT2D eigenvalue weighted by atomic mass is 9.94. The molecule has 2 amide bonds. The molecular formula is C15H21ClFN4O3+. The average Bonchev–Trinajstić information content (AvgIpc) is 2.55. The summed E-state index contributed by atoms with van der Waals surface area (Å²) in [5.41, 5.74) is 9.56. The molecule has 1 saturated heterocycles. The Morgan fingerprint density at radius 2 is 2.21 bits per heavy atom. The molecule has 7 nitrogen and oxygen atoms in total. The quantitative estimate of drug-likeness (QED) is 0.724. The van der Waals surface area contributed by atoms with E-state index in [4.69, 9.17) is 22.1 Å². The first-order valence-corrected chi connectivity index (χ1v) is 7.99. The number of nitrogens with one attached hydrogen (secondary N) is 1. The maximum absolute atomic E-state index is 13.4. The van der Waals surface area contributed by atoms with E-state index in [0.29, 0.717) is 18.7 Å². The number of piperidine rings is 1. The molecule has 0 saturated carbocycles. The van der Waals surface area contributed by atoms with Crippen LogP contribution in [0.1, 0.15) is 6.42 Å². The summed E-state index contributed by atoms with van der Waals surface area (Å²) in [6.07, 6.45) is 0.0203. The van der Waals surface area contributed by atoms with E-state index in [1.54, 1.807) is 0 Å². The third-order valence-electron chi connectivity index (χ3n) is 3.70. The van der Waals surface area contributed by atoms with E-state index in [1.165, 1.54) is 17.0 Å². The number of likely N-dealkylation sites (tertiary alicyclic amines) is 1. The van der Waals surface area contributed by atoms with Crippen molar-refractivity contribution in [1.82, 2.24) is 4.90 Å². The van der Waals surface area contributed by atoms with Crippen LogP contribution in [-0.2, 0) is 9.53 Å². The van der Waals surface area contributed by atoms with Crippen molar-refractivity contribution in [1.29, 1.82) is 0 Å². The number of rotatable bonds is 4. The van der Waals surface area contributed by atoms with Gasteiger partial charge in [-0.3, -0.25) is 4.79 Å². The summed E-state index contributed by atoms with van der Waals surface area (Å²) in [6.45, 7) is 0.998. The SMILES string of the molecule is NCCOC(=O)N1CC(C(=O)Nc2ccc(Cl)c(F)c2)C[C@@H]([NH3+])C1. The molecule has 1 fully saturated rings. The van der Waals surface area contributed by atoms with Gasteiger partial charge in [-0.25, -0.2) is 9.18 Å². The number of halogens is 2.